The summed E-state index contributed by atoms with van der Waals surface area (Å²) in [5, 5.41) is 5.09. The molecule has 0 fully saturated rings. The third-order valence-electron chi connectivity index (χ3n) is 5.33. The van der Waals surface area contributed by atoms with Gasteiger partial charge < -0.3 is 20.7 Å². The van der Waals surface area contributed by atoms with E-state index in [0.717, 1.165) is 19.2 Å². The number of hydrogen-bond donors (Lipinski definition) is 3. The Bertz CT molecular complexity index is 967. The summed E-state index contributed by atoms with van der Waals surface area (Å²) >= 11 is 0. The van der Waals surface area contributed by atoms with Gasteiger partial charge in [0.25, 0.3) is 5.92 Å². The van der Waals surface area contributed by atoms with E-state index in [9.17, 15) is 22.8 Å². The number of alkyl halides is 2. The predicted molar refractivity (Wildman–Crippen MR) is 122 cm³/mol. The molecule has 0 aliphatic carbocycles. The molecule has 34 heavy (non-hydrogen) atoms. The summed E-state index contributed by atoms with van der Waals surface area (Å²) < 4.78 is 45.5. The molecule has 0 saturated heterocycles. The molecule has 1 heterocycles. The zero-order valence-corrected chi connectivity index (χ0v) is 19.4. The Morgan fingerprint density at radius 2 is 2.00 bits per heavy atom. The second-order valence-corrected chi connectivity index (χ2v) is 7.92. The average Bonchev–Trinajstić information content (AvgIpc) is 2.79. The maximum Gasteiger partial charge on any atom is 0.412 e. The number of nitrogens with zero attached hydrogens (tertiary/aromatic N) is 2. The van der Waals surface area contributed by atoms with Crippen LogP contribution in [-0.4, -0.2) is 48.2 Å². The summed E-state index contributed by atoms with van der Waals surface area (Å²) in [6, 6.07) is 6.14. The van der Waals surface area contributed by atoms with Crippen molar-refractivity contribution in [1.82, 2.24) is 15.2 Å². The maximum absolute atomic E-state index is 13.7. The highest BCUT2D eigenvalue weighted by Gasteiger charge is 2.25. The lowest BCUT2D eigenvalue weighted by atomic mass is 10.1. The van der Waals surface area contributed by atoms with E-state index in [1.54, 1.807) is 26.1 Å². The fraction of sp³-hybridized carbons (Fsp3) is 0.435. The van der Waals surface area contributed by atoms with Gasteiger partial charge in [-0.3, -0.25) is 5.32 Å². The summed E-state index contributed by atoms with van der Waals surface area (Å²) in [7, 11) is 1.56. The molecule has 0 bridgehead atoms. The fourth-order valence-electron chi connectivity index (χ4n) is 3.09. The van der Waals surface area contributed by atoms with Gasteiger partial charge in [-0.2, -0.15) is 0 Å². The highest BCUT2D eigenvalue weighted by Crippen LogP contribution is 2.26. The molecule has 8 nitrogen and oxygen atoms in total. The number of nitrogens with one attached hydrogen (secondary N) is 2. The molecule has 11 heteroatoms. The van der Waals surface area contributed by atoms with Crippen LogP contribution in [-0.2, 0) is 17.2 Å². The van der Waals surface area contributed by atoms with Crippen molar-refractivity contribution in [1.29, 1.82) is 0 Å². The van der Waals surface area contributed by atoms with Gasteiger partial charge in [0.2, 0.25) is 0 Å². The Kier molecular flexibility index (Phi) is 9.67. The molecule has 1 aromatic heterocycles. The number of urea groups is 1. The highest BCUT2D eigenvalue weighted by molar-refractivity contribution is 5.83. The first-order valence-electron chi connectivity index (χ1n) is 10.8. The van der Waals surface area contributed by atoms with Gasteiger partial charge in [-0.05, 0) is 55.6 Å². The third kappa shape index (κ3) is 7.91. The van der Waals surface area contributed by atoms with E-state index in [1.807, 2.05) is 0 Å². The first-order valence-corrected chi connectivity index (χ1v) is 10.8. The molecule has 2 aromatic rings. The van der Waals surface area contributed by atoms with Crippen LogP contribution in [0.1, 0.15) is 36.5 Å². The zero-order valence-electron chi connectivity index (χ0n) is 19.4. The van der Waals surface area contributed by atoms with Crippen LogP contribution in [0.4, 0.5) is 28.6 Å². The monoisotopic (exact) mass is 481 g/mol. The van der Waals surface area contributed by atoms with Crippen LogP contribution in [0.3, 0.4) is 0 Å². The van der Waals surface area contributed by atoms with Gasteiger partial charge >= 0.3 is 12.1 Å². The van der Waals surface area contributed by atoms with Crippen LogP contribution < -0.4 is 16.4 Å². The molecular weight excluding hydrogens is 451 g/mol. The van der Waals surface area contributed by atoms with E-state index in [2.05, 4.69) is 15.6 Å². The molecule has 0 unspecified atom stereocenters. The molecule has 1 atom stereocenters. The number of pyridine rings is 1. The largest absolute Gasteiger partial charge is 0.447 e. The summed E-state index contributed by atoms with van der Waals surface area (Å²) in [4.78, 5) is 30.0. The van der Waals surface area contributed by atoms with Crippen molar-refractivity contribution in [3.05, 3.63) is 59.0 Å². The quantitative estimate of drug-likeness (QED) is 0.473. The van der Waals surface area contributed by atoms with E-state index in [-0.39, 0.29) is 30.4 Å². The Balaban J connectivity index is 1.92. The van der Waals surface area contributed by atoms with Crippen molar-refractivity contribution in [3.8, 4) is 0 Å². The average molecular weight is 482 g/mol. The summed E-state index contributed by atoms with van der Waals surface area (Å²) in [6.07, 6.45) is 1.19. The van der Waals surface area contributed by atoms with Crippen molar-refractivity contribution in [3.63, 3.8) is 0 Å². The minimum Gasteiger partial charge on any atom is -0.447 e. The van der Waals surface area contributed by atoms with Gasteiger partial charge in [0.15, 0.2) is 0 Å². The predicted octanol–water partition coefficient (Wildman–Crippen LogP) is 4.14. The molecule has 0 radical (unpaired) electrons. The number of anilines is 1. The summed E-state index contributed by atoms with van der Waals surface area (Å²) in [5.41, 5.74) is 6.40. The molecule has 4 N–H and O–H groups in total. The number of nitrogens with two attached hydrogens (primary N) is 1. The maximum atomic E-state index is 13.7. The topological polar surface area (TPSA) is 110 Å². The van der Waals surface area contributed by atoms with E-state index < -0.39 is 24.1 Å². The second-order valence-electron chi connectivity index (χ2n) is 7.92. The van der Waals surface area contributed by atoms with E-state index in [1.165, 1.54) is 17.0 Å². The number of carbonyl (C=O) groups is 2. The van der Waals surface area contributed by atoms with Crippen LogP contribution in [0.2, 0.25) is 0 Å². The lowest BCUT2D eigenvalue weighted by molar-refractivity contribution is 0.0171. The normalized spacial score (nSPS) is 12.1. The molecule has 2 rings (SSSR count). The molecule has 186 valence electrons. The number of likely N-dealkylation sites (N-methyl/N-ethyl adjacent to an activating group) is 1. The van der Waals surface area contributed by atoms with Crippen LogP contribution in [0, 0.1) is 12.7 Å². The molecule has 0 saturated carbocycles. The van der Waals surface area contributed by atoms with Gasteiger partial charge in [-0.25, -0.2) is 27.7 Å². The van der Waals surface area contributed by atoms with Crippen LogP contribution >= 0.6 is 0 Å². The van der Waals surface area contributed by atoms with Crippen molar-refractivity contribution in [2.75, 3.05) is 25.5 Å². The Morgan fingerprint density at radius 3 is 2.62 bits per heavy atom. The van der Waals surface area contributed by atoms with Crippen LogP contribution in [0.15, 0.2) is 36.5 Å². The van der Waals surface area contributed by atoms with Crippen molar-refractivity contribution in [2.24, 2.45) is 5.73 Å². The molecule has 0 spiro atoms. The Hall–Kier alpha value is -3.34. The van der Waals surface area contributed by atoms with E-state index in [0.29, 0.717) is 30.5 Å². The number of hydrogen-bond acceptors (Lipinski definition) is 5. The van der Waals surface area contributed by atoms with Crippen molar-refractivity contribution in [2.45, 2.75) is 45.2 Å². The Morgan fingerprint density at radius 1 is 1.26 bits per heavy atom. The van der Waals surface area contributed by atoms with Gasteiger partial charge in [0.1, 0.15) is 18.2 Å². The van der Waals surface area contributed by atoms with Crippen LogP contribution in [0.5, 0.6) is 0 Å². The minimum atomic E-state index is -3.04. The van der Waals surface area contributed by atoms with E-state index in [4.69, 9.17) is 10.5 Å². The standard InChI is InChI=1S/C23H30F3N5O3/c1-15-16(6-4-8-19(15)24)12-29-21(32)31(3)18(7-5-11-27)14-34-22(33)30-20-10-9-17(13-28-20)23(2,25)26/h4,6,8-10,13,18H,5,7,11-12,14,27H2,1-3H3,(H,29,32)(H,28,30,33)/t18-/m0/s1. The fourth-order valence-corrected chi connectivity index (χ4v) is 3.09. The summed E-state index contributed by atoms with van der Waals surface area (Å²) in [6.45, 7) is 2.78. The van der Waals surface area contributed by atoms with Gasteiger partial charge in [-0.15, -0.1) is 0 Å². The smallest absolute Gasteiger partial charge is 0.412 e. The number of ether oxygens (including phenoxy) is 1. The zero-order chi connectivity index (χ0) is 25.3. The van der Waals surface area contributed by atoms with Gasteiger partial charge in [0, 0.05) is 32.3 Å². The van der Waals surface area contributed by atoms with Crippen molar-refractivity contribution < 1.29 is 27.5 Å². The number of amides is 3. The molecule has 1 aromatic carbocycles. The molecular formula is C23H30F3N5O3. The van der Waals surface area contributed by atoms with Gasteiger partial charge in [0.05, 0.1) is 6.04 Å². The van der Waals surface area contributed by atoms with Crippen molar-refractivity contribution >= 4 is 17.9 Å². The number of halogens is 3. The summed E-state index contributed by atoms with van der Waals surface area (Å²) in [5.74, 6) is -3.35. The second kappa shape index (κ2) is 12.2. The minimum absolute atomic E-state index is 0.0491. The first kappa shape index (κ1) is 26.9. The first-order chi connectivity index (χ1) is 16.0. The highest BCUT2D eigenvalue weighted by atomic mass is 19.3. The number of benzene rings is 1. The van der Waals surface area contributed by atoms with E-state index >= 15 is 0 Å². The molecule has 3 amide bonds. The SMILES string of the molecule is Cc1c(F)cccc1CNC(=O)N(C)[C@@H](CCCN)COC(=O)Nc1ccc(C(C)(F)F)cn1. The third-order valence-corrected chi connectivity index (χ3v) is 5.33. The Labute approximate surface area is 196 Å². The molecule has 0 aliphatic rings. The number of aromatic nitrogens is 1. The lowest BCUT2D eigenvalue weighted by Crippen LogP contribution is -2.46. The lowest BCUT2D eigenvalue weighted by Gasteiger charge is -2.28. The van der Waals surface area contributed by atoms with Gasteiger partial charge in [-0.1, -0.05) is 12.1 Å². The number of carbonyl (C=O) groups excluding carboxylic acids is 2. The van der Waals surface area contributed by atoms with Crippen LogP contribution in [0.25, 0.3) is 0 Å². The molecule has 0 aliphatic heterocycles. The number of rotatable bonds is 10.